The smallest absolute Gasteiger partial charge is 0.312 e. The fraction of sp³-hybridized carbons (Fsp3) is 0.459. The van der Waals surface area contributed by atoms with Crippen LogP contribution in [0, 0.1) is 20.9 Å². The van der Waals surface area contributed by atoms with Crippen molar-refractivity contribution in [2.24, 2.45) is 16.6 Å². The van der Waals surface area contributed by atoms with Crippen LogP contribution in [-0.4, -0.2) is 78.0 Å². The van der Waals surface area contributed by atoms with Crippen molar-refractivity contribution < 1.29 is 34.2 Å². The Hall–Kier alpha value is -4.52. The van der Waals surface area contributed by atoms with Crippen molar-refractivity contribution in [3.8, 4) is 11.5 Å². The normalized spacial score (nSPS) is 26.8. The maximum Gasteiger partial charge on any atom is 0.312 e. The van der Waals surface area contributed by atoms with E-state index in [0.29, 0.717) is 13.0 Å². The second-order valence-corrected chi connectivity index (χ2v) is 13.6. The Balaban J connectivity index is 1.41. The predicted molar refractivity (Wildman–Crippen MR) is 184 cm³/mol. The van der Waals surface area contributed by atoms with Gasteiger partial charge in [0.1, 0.15) is 16.9 Å². The summed E-state index contributed by atoms with van der Waals surface area (Å²) in [7, 11) is 3.29. The molecule has 2 aliphatic heterocycles. The number of piperidine rings is 2. The van der Waals surface area contributed by atoms with E-state index in [4.69, 9.17) is 15.2 Å². The minimum Gasteiger partial charge on any atom is -0.497 e. The molecule has 5 rings (SSSR count). The standard InChI is InChI=1S/C37H46N4O8/c1-24-37(34(44)45,31(35(2,33(42)43)32(38)39-24)25-7-5-8-28(23-25)41(46)47)17-6-20-40-21-18-36(19-22-40,26-9-13-29(48-3)14-10-26)27-11-15-30(49-4)16-12-27/h5,7-16,23-24,31-32,39H,6,17-22,38H2,1-4H3,(H,42,43)(H,44,45)/t24?,31?,32-,35?,37?/m1/s1. The summed E-state index contributed by atoms with van der Waals surface area (Å²) in [4.78, 5) is 39.8. The van der Waals surface area contributed by atoms with E-state index in [-0.39, 0.29) is 23.1 Å². The molecule has 3 aromatic carbocycles. The summed E-state index contributed by atoms with van der Waals surface area (Å²) in [6, 6.07) is 21.3. The number of likely N-dealkylation sites (tertiary alicyclic amines) is 1. The number of carboxylic acids is 2. The van der Waals surface area contributed by atoms with E-state index in [0.717, 1.165) is 37.4 Å². The van der Waals surface area contributed by atoms with Crippen molar-refractivity contribution in [3.05, 3.63) is 99.6 Å². The molecule has 5 atom stereocenters. The fourth-order valence-electron chi connectivity index (χ4n) is 8.37. The molecule has 2 saturated heterocycles. The van der Waals surface area contributed by atoms with Gasteiger partial charge in [-0.3, -0.25) is 25.0 Å². The van der Waals surface area contributed by atoms with Crippen molar-refractivity contribution >= 4 is 17.6 Å². The highest BCUT2D eigenvalue weighted by Gasteiger charge is 2.65. The number of nitro benzene ring substituents is 1. The SMILES string of the molecule is COc1ccc(C2(c3ccc(OC)cc3)CCN(CCCC3(C(=O)O)C(C)N[C@@H](N)C(C)(C(=O)O)C3c3cccc([N+](=O)[O-])c3)CC2)cc1. The lowest BCUT2D eigenvalue weighted by molar-refractivity contribution is -0.385. The third-order valence-corrected chi connectivity index (χ3v) is 11.3. The first-order valence-corrected chi connectivity index (χ1v) is 16.6. The molecule has 0 aromatic heterocycles. The van der Waals surface area contributed by atoms with E-state index in [1.165, 1.54) is 36.2 Å². The maximum atomic E-state index is 13.4. The highest BCUT2D eigenvalue weighted by atomic mass is 16.6. The van der Waals surface area contributed by atoms with Crippen LogP contribution >= 0.6 is 0 Å². The van der Waals surface area contributed by atoms with E-state index in [1.807, 2.05) is 24.3 Å². The number of nitrogens with one attached hydrogen (secondary N) is 1. The third-order valence-electron chi connectivity index (χ3n) is 11.3. The summed E-state index contributed by atoms with van der Waals surface area (Å²) in [5, 5.41) is 36.3. The number of carboxylic acid groups (broad SMARTS) is 2. The van der Waals surface area contributed by atoms with Crippen LogP contribution in [0.5, 0.6) is 11.5 Å². The van der Waals surface area contributed by atoms with Gasteiger partial charge in [-0.15, -0.1) is 0 Å². The van der Waals surface area contributed by atoms with Gasteiger partial charge in [-0.1, -0.05) is 36.4 Å². The Labute approximate surface area is 286 Å². The maximum absolute atomic E-state index is 13.4. The highest BCUT2D eigenvalue weighted by Crippen LogP contribution is 2.57. The minimum absolute atomic E-state index is 0.137. The molecule has 0 radical (unpaired) electrons. The number of ether oxygens (including phenoxy) is 2. The van der Waals surface area contributed by atoms with Gasteiger partial charge in [0.05, 0.1) is 30.7 Å². The number of hydrogen-bond acceptors (Lipinski definition) is 9. The van der Waals surface area contributed by atoms with Gasteiger partial charge in [0.25, 0.3) is 5.69 Å². The van der Waals surface area contributed by atoms with Crippen LogP contribution in [0.25, 0.3) is 0 Å². The van der Waals surface area contributed by atoms with Crippen LogP contribution in [-0.2, 0) is 15.0 Å². The molecule has 3 aromatic rings. The fourth-order valence-corrected chi connectivity index (χ4v) is 8.37. The van der Waals surface area contributed by atoms with E-state index >= 15 is 0 Å². The Morgan fingerprint density at radius 1 is 0.959 bits per heavy atom. The molecule has 49 heavy (non-hydrogen) atoms. The van der Waals surface area contributed by atoms with Crippen molar-refractivity contribution in [2.75, 3.05) is 33.9 Å². The molecule has 2 fully saturated rings. The number of methoxy groups -OCH3 is 2. The molecule has 0 saturated carbocycles. The highest BCUT2D eigenvalue weighted by molar-refractivity contribution is 5.84. The lowest BCUT2D eigenvalue weighted by atomic mass is 9.52. The Morgan fingerprint density at radius 2 is 1.51 bits per heavy atom. The van der Waals surface area contributed by atoms with Gasteiger partial charge in [-0.05, 0) is 100 Å². The first-order valence-electron chi connectivity index (χ1n) is 16.6. The molecule has 0 amide bonds. The van der Waals surface area contributed by atoms with E-state index in [1.54, 1.807) is 27.2 Å². The quantitative estimate of drug-likeness (QED) is 0.150. The Kier molecular flexibility index (Phi) is 10.3. The average molecular weight is 675 g/mol. The lowest BCUT2D eigenvalue weighted by Crippen LogP contribution is -2.72. The molecular formula is C37H46N4O8. The van der Waals surface area contributed by atoms with Crippen LogP contribution in [0.3, 0.4) is 0 Å². The molecule has 12 heteroatoms. The van der Waals surface area contributed by atoms with Crippen LogP contribution < -0.4 is 20.5 Å². The second kappa shape index (κ2) is 14.1. The van der Waals surface area contributed by atoms with Gasteiger partial charge in [-0.2, -0.15) is 0 Å². The number of rotatable bonds is 12. The van der Waals surface area contributed by atoms with Gasteiger partial charge < -0.3 is 30.3 Å². The van der Waals surface area contributed by atoms with E-state index < -0.39 is 45.8 Å². The predicted octanol–water partition coefficient (Wildman–Crippen LogP) is 5.00. The van der Waals surface area contributed by atoms with Crippen LogP contribution in [0.2, 0.25) is 0 Å². The van der Waals surface area contributed by atoms with Crippen molar-refractivity contribution in [3.63, 3.8) is 0 Å². The summed E-state index contributed by atoms with van der Waals surface area (Å²) in [5.41, 5.74) is 5.18. The molecule has 0 aliphatic carbocycles. The topological polar surface area (TPSA) is 177 Å². The number of nitrogens with two attached hydrogens (primary N) is 1. The first-order chi connectivity index (χ1) is 23.3. The molecular weight excluding hydrogens is 628 g/mol. The number of aliphatic carboxylic acids is 2. The van der Waals surface area contributed by atoms with Gasteiger partial charge >= 0.3 is 11.9 Å². The van der Waals surface area contributed by atoms with Crippen LogP contribution in [0.4, 0.5) is 5.69 Å². The third kappa shape index (κ3) is 6.36. The van der Waals surface area contributed by atoms with Gasteiger partial charge in [0.15, 0.2) is 0 Å². The molecule has 4 unspecified atom stereocenters. The van der Waals surface area contributed by atoms with Gasteiger partial charge in [0.2, 0.25) is 0 Å². The van der Waals surface area contributed by atoms with E-state index in [9.17, 15) is 29.9 Å². The molecule has 0 spiro atoms. The zero-order valence-corrected chi connectivity index (χ0v) is 28.4. The monoisotopic (exact) mass is 674 g/mol. The number of nitro groups is 1. The van der Waals surface area contributed by atoms with Crippen LogP contribution in [0.1, 0.15) is 62.1 Å². The second-order valence-electron chi connectivity index (χ2n) is 13.6. The van der Waals surface area contributed by atoms with Gasteiger partial charge in [-0.25, -0.2) is 0 Å². The van der Waals surface area contributed by atoms with Crippen molar-refractivity contribution in [2.45, 2.75) is 63.1 Å². The van der Waals surface area contributed by atoms with Gasteiger partial charge in [0, 0.05) is 29.5 Å². The summed E-state index contributed by atoms with van der Waals surface area (Å²) in [5.74, 6) is -2.02. The van der Waals surface area contributed by atoms with E-state index in [2.05, 4.69) is 34.5 Å². The zero-order valence-electron chi connectivity index (χ0n) is 28.4. The van der Waals surface area contributed by atoms with Crippen LogP contribution in [0.15, 0.2) is 72.8 Å². The number of nitrogens with zero attached hydrogens (tertiary/aromatic N) is 2. The summed E-state index contributed by atoms with van der Waals surface area (Å²) in [6.07, 6.45) is 1.17. The molecule has 5 N–H and O–H groups in total. The molecule has 262 valence electrons. The Morgan fingerprint density at radius 3 is 1.98 bits per heavy atom. The summed E-state index contributed by atoms with van der Waals surface area (Å²) < 4.78 is 10.8. The van der Waals surface area contributed by atoms with Crippen molar-refractivity contribution in [1.29, 1.82) is 0 Å². The number of benzene rings is 3. The molecule has 12 nitrogen and oxygen atoms in total. The Bertz CT molecular complexity index is 1610. The molecule has 0 bridgehead atoms. The summed E-state index contributed by atoms with van der Waals surface area (Å²) >= 11 is 0. The molecule has 2 heterocycles. The van der Waals surface area contributed by atoms with Crippen molar-refractivity contribution in [1.82, 2.24) is 10.2 Å². The first kappa shape index (κ1) is 35.8. The average Bonchev–Trinajstić information content (AvgIpc) is 3.10. The lowest BCUT2D eigenvalue weighted by Gasteiger charge is -2.56. The number of hydrogen-bond donors (Lipinski definition) is 4. The summed E-state index contributed by atoms with van der Waals surface area (Å²) in [6.45, 7) is 5.26. The number of carbonyl (C=O) groups is 2. The zero-order chi connectivity index (χ0) is 35.6. The molecule has 2 aliphatic rings. The number of non-ortho nitro benzene ring substituents is 1. The minimum atomic E-state index is -1.78. The largest absolute Gasteiger partial charge is 0.497 e.